The van der Waals surface area contributed by atoms with Crippen LogP contribution in [-0.2, 0) is 0 Å². The van der Waals surface area contributed by atoms with E-state index in [0.29, 0.717) is 24.3 Å². The van der Waals surface area contributed by atoms with Gasteiger partial charge >= 0.3 is 0 Å². The third-order valence-electron chi connectivity index (χ3n) is 4.43. The molecule has 0 amide bonds. The molecule has 1 unspecified atom stereocenters. The number of hydrogen-bond acceptors (Lipinski definition) is 3. The summed E-state index contributed by atoms with van der Waals surface area (Å²) in [6, 6.07) is 8.84. The fourth-order valence-corrected chi connectivity index (χ4v) is 4.12. The lowest BCUT2D eigenvalue weighted by Crippen LogP contribution is -2.35. The van der Waals surface area contributed by atoms with Gasteiger partial charge in [0.15, 0.2) is 0 Å². The highest BCUT2D eigenvalue weighted by Gasteiger charge is 2.20. The zero-order valence-electron chi connectivity index (χ0n) is 13.6. The molecule has 0 aliphatic rings. The van der Waals surface area contributed by atoms with Crippen molar-refractivity contribution in [1.29, 1.82) is 0 Å². The molecule has 3 N–H and O–H groups in total. The molecule has 0 radical (unpaired) electrons. The van der Waals surface area contributed by atoms with Gasteiger partial charge in [0, 0.05) is 17.3 Å². The molecule has 1 heterocycles. The quantitative estimate of drug-likeness (QED) is 0.794. The molecule has 0 saturated heterocycles. The smallest absolute Gasteiger partial charge is 0.0459 e. The second-order valence-electron chi connectivity index (χ2n) is 6.54. The Morgan fingerprint density at radius 3 is 2.38 bits per heavy atom. The van der Waals surface area contributed by atoms with Crippen LogP contribution in [0.4, 0.5) is 0 Å². The van der Waals surface area contributed by atoms with Gasteiger partial charge in [-0.1, -0.05) is 45.9 Å². The van der Waals surface area contributed by atoms with Crippen LogP contribution in [0.1, 0.15) is 39.3 Å². The van der Waals surface area contributed by atoms with Gasteiger partial charge in [0.1, 0.15) is 0 Å². The standard InChI is InChI=1S/C18H28N2S/c1-12(2)15(13(3)4)10-20-17(9-19)16-11-21-18-8-6-5-7-14(16)18/h5-8,11-13,15,17,20H,9-10,19H2,1-4H3. The maximum absolute atomic E-state index is 6.04. The van der Waals surface area contributed by atoms with Crippen molar-refractivity contribution in [1.82, 2.24) is 5.32 Å². The SMILES string of the molecule is CC(C)C(CNC(CN)c1csc2ccccc12)C(C)C. The molecule has 0 spiro atoms. The molecule has 0 aliphatic heterocycles. The van der Waals surface area contributed by atoms with Crippen LogP contribution >= 0.6 is 11.3 Å². The minimum Gasteiger partial charge on any atom is -0.329 e. The summed E-state index contributed by atoms with van der Waals surface area (Å²) in [5.41, 5.74) is 7.39. The third-order valence-corrected chi connectivity index (χ3v) is 5.42. The molecule has 2 rings (SSSR count). The van der Waals surface area contributed by atoms with Crippen molar-refractivity contribution in [3.8, 4) is 0 Å². The van der Waals surface area contributed by atoms with Crippen LogP contribution in [0.2, 0.25) is 0 Å². The second-order valence-corrected chi connectivity index (χ2v) is 7.45. The minimum atomic E-state index is 0.251. The van der Waals surface area contributed by atoms with E-state index in [1.165, 1.54) is 15.6 Å². The summed E-state index contributed by atoms with van der Waals surface area (Å²) in [5.74, 6) is 2.06. The summed E-state index contributed by atoms with van der Waals surface area (Å²) in [5, 5.41) is 7.31. The molecule has 0 fully saturated rings. The fourth-order valence-electron chi connectivity index (χ4n) is 3.11. The Morgan fingerprint density at radius 1 is 1.10 bits per heavy atom. The minimum absolute atomic E-state index is 0.251. The highest BCUT2D eigenvalue weighted by molar-refractivity contribution is 7.17. The van der Waals surface area contributed by atoms with Crippen LogP contribution in [0.3, 0.4) is 0 Å². The predicted molar refractivity (Wildman–Crippen MR) is 94.8 cm³/mol. The fraction of sp³-hybridized carbons (Fsp3) is 0.556. The Hall–Kier alpha value is -0.900. The van der Waals surface area contributed by atoms with Crippen molar-refractivity contribution in [2.75, 3.05) is 13.1 Å². The Balaban J connectivity index is 2.13. The Labute approximate surface area is 132 Å². The van der Waals surface area contributed by atoms with Gasteiger partial charge in [0.05, 0.1) is 0 Å². The number of hydrogen-bond donors (Lipinski definition) is 2. The van der Waals surface area contributed by atoms with Gasteiger partial charge in [0.25, 0.3) is 0 Å². The van der Waals surface area contributed by atoms with E-state index in [9.17, 15) is 0 Å². The van der Waals surface area contributed by atoms with E-state index >= 15 is 0 Å². The van der Waals surface area contributed by atoms with Crippen LogP contribution in [0, 0.1) is 17.8 Å². The van der Waals surface area contributed by atoms with Crippen LogP contribution in [0.5, 0.6) is 0 Å². The third kappa shape index (κ3) is 3.85. The molecule has 2 nitrogen and oxygen atoms in total. The van der Waals surface area contributed by atoms with Crippen molar-refractivity contribution in [2.45, 2.75) is 33.7 Å². The summed E-state index contributed by atoms with van der Waals surface area (Å²) in [6.45, 7) is 10.9. The van der Waals surface area contributed by atoms with Crippen LogP contribution < -0.4 is 11.1 Å². The van der Waals surface area contributed by atoms with Gasteiger partial charge in [-0.15, -0.1) is 11.3 Å². The molecule has 2 aromatic rings. The highest BCUT2D eigenvalue weighted by Crippen LogP contribution is 2.30. The van der Waals surface area contributed by atoms with Crippen LogP contribution in [-0.4, -0.2) is 13.1 Å². The first-order valence-corrected chi connectivity index (χ1v) is 8.82. The van der Waals surface area contributed by atoms with E-state index in [1.807, 2.05) is 11.3 Å². The summed E-state index contributed by atoms with van der Waals surface area (Å²) in [7, 11) is 0. The van der Waals surface area contributed by atoms with E-state index in [1.54, 1.807) is 0 Å². The first-order chi connectivity index (χ1) is 10.0. The summed E-state index contributed by atoms with van der Waals surface area (Å²) in [6.07, 6.45) is 0. The van der Waals surface area contributed by atoms with Gasteiger partial charge in [0.2, 0.25) is 0 Å². The van der Waals surface area contributed by atoms with Gasteiger partial charge in [-0.2, -0.15) is 0 Å². The van der Waals surface area contributed by atoms with Crippen molar-refractivity contribution in [3.05, 3.63) is 35.2 Å². The zero-order valence-corrected chi connectivity index (χ0v) is 14.4. The van der Waals surface area contributed by atoms with E-state index < -0.39 is 0 Å². The molecule has 1 atom stereocenters. The Kier molecular flexibility index (Phi) is 5.80. The number of rotatable bonds is 7. The Bertz CT molecular complexity index is 551. The van der Waals surface area contributed by atoms with Crippen LogP contribution in [0.15, 0.2) is 29.6 Å². The largest absolute Gasteiger partial charge is 0.329 e. The maximum atomic E-state index is 6.04. The molecule has 0 saturated carbocycles. The molecular weight excluding hydrogens is 276 g/mol. The number of benzene rings is 1. The number of nitrogens with one attached hydrogen (secondary N) is 1. The average molecular weight is 305 g/mol. The maximum Gasteiger partial charge on any atom is 0.0459 e. The van der Waals surface area contributed by atoms with E-state index in [4.69, 9.17) is 5.73 Å². The molecule has 1 aromatic carbocycles. The first-order valence-electron chi connectivity index (χ1n) is 7.94. The molecule has 0 bridgehead atoms. The second kappa shape index (κ2) is 7.39. The molecule has 1 aromatic heterocycles. The van der Waals surface area contributed by atoms with E-state index in [2.05, 4.69) is 62.7 Å². The lowest BCUT2D eigenvalue weighted by atomic mass is 9.85. The van der Waals surface area contributed by atoms with Crippen molar-refractivity contribution in [3.63, 3.8) is 0 Å². The van der Waals surface area contributed by atoms with Crippen molar-refractivity contribution >= 4 is 21.4 Å². The van der Waals surface area contributed by atoms with Crippen molar-refractivity contribution in [2.24, 2.45) is 23.5 Å². The zero-order chi connectivity index (χ0) is 15.4. The van der Waals surface area contributed by atoms with E-state index in [-0.39, 0.29) is 6.04 Å². The van der Waals surface area contributed by atoms with Gasteiger partial charge in [-0.05, 0) is 46.7 Å². The van der Waals surface area contributed by atoms with Crippen LogP contribution in [0.25, 0.3) is 10.1 Å². The molecule has 3 heteroatoms. The summed E-state index contributed by atoms with van der Waals surface area (Å²) < 4.78 is 1.34. The van der Waals surface area contributed by atoms with E-state index in [0.717, 1.165) is 6.54 Å². The molecule has 116 valence electrons. The molecule has 0 aliphatic carbocycles. The first kappa shape index (κ1) is 16.5. The number of thiophene rings is 1. The Morgan fingerprint density at radius 2 is 1.76 bits per heavy atom. The lowest BCUT2D eigenvalue weighted by Gasteiger charge is -2.28. The monoisotopic (exact) mass is 304 g/mol. The lowest BCUT2D eigenvalue weighted by molar-refractivity contribution is 0.266. The molecular formula is C18H28N2S. The normalized spacial score (nSPS) is 13.7. The summed E-state index contributed by atoms with van der Waals surface area (Å²) >= 11 is 1.81. The van der Waals surface area contributed by atoms with Gasteiger partial charge in [-0.3, -0.25) is 0 Å². The highest BCUT2D eigenvalue weighted by atomic mass is 32.1. The molecule has 21 heavy (non-hydrogen) atoms. The van der Waals surface area contributed by atoms with Gasteiger partial charge < -0.3 is 11.1 Å². The predicted octanol–water partition coefficient (Wildman–Crippen LogP) is 4.42. The average Bonchev–Trinajstić information content (AvgIpc) is 2.87. The number of fused-ring (bicyclic) bond motifs is 1. The van der Waals surface area contributed by atoms with Crippen molar-refractivity contribution < 1.29 is 0 Å². The van der Waals surface area contributed by atoms with Gasteiger partial charge in [-0.25, -0.2) is 0 Å². The topological polar surface area (TPSA) is 38.0 Å². The number of nitrogens with two attached hydrogens (primary N) is 1. The summed E-state index contributed by atoms with van der Waals surface area (Å²) in [4.78, 5) is 0.